The van der Waals surface area contributed by atoms with Crippen LogP contribution in [0.1, 0.15) is 51.7 Å². The third-order valence-corrected chi connectivity index (χ3v) is 12.4. The Morgan fingerprint density at radius 3 is 1.10 bits per heavy atom. The Kier molecular flexibility index (Phi) is 24.1. The van der Waals surface area contributed by atoms with Crippen LogP contribution < -0.4 is 0 Å². The second-order valence-electron chi connectivity index (χ2n) is 14.6. The molecule has 0 fully saturated rings. The van der Waals surface area contributed by atoms with E-state index in [0.29, 0.717) is 49.9 Å². The van der Waals surface area contributed by atoms with Crippen LogP contribution in [0.4, 0.5) is 17.6 Å². The molecule has 13 heteroatoms. The van der Waals surface area contributed by atoms with Gasteiger partial charge in [0, 0.05) is 49.4 Å². The Hall–Kier alpha value is -4.17. The molecule has 6 aromatic rings. The van der Waals surface area contributed by atoms with Crippen LogP contribution in [-0.2, 0) is 54.6 Å². The molecule has 0 aliphatic carbocycles. The van der Waals surface area contributed by atoms with Crippen LogP contribution in [0.3, 0.4) is 0 Å². The number of aryl methyl sites for hydroxylation is 2. The van der Waals surface area contributed by atoms with Gasteiger partial charge < -0.3 is 0 Å². The number of benzene rings is 4. The predicted molar refractivity (Wildman–Crippen MR) is 231 cm³/mol. The molecule has 0 spiro atoms. The summed E-state index contributed by atoms with van der Waals surface area (Å²) in [4.78, 5) is 0.494. The van der Waals surface area contributed by atoms with Crippen LogP contribution in [0.25, 0.3) is 0 Å². The largest absolute Gasteiger partial charge is 4.00 e. The minimum Gasteiger partial charge on any atom is -0.236 e. The van der Waals surface area contributed by atoms with Gasteiger partial charge in [0.15, 0.2) is 0 Å². The quantitative estimate of drug-likeness (QED) is 0.0551. The zero-order valence-corrected chi connectivity index (χ0v) is 38.2. The van der Waals surface area contributed by atoms with Crippen molar-refractivity contribution in [3.63, 3.8) is 0 Å². The molecule has 0 saturated heterocycles. The van der Waals surface area contributed by atoms with E-state index in [9.17, 15) is 34.4 Å². The Balaban J connectivity index is 0.000000335. The summed E-state index contributed by atoms with van der Waals surface area (Å²) in [6, 6.07) is 45.6. The van der Waals surface area contributed by atoms with Gasteiger partial charge in [0.2, 0.25) is 20.0 Å². The van der Waals surface area contributed by atoms with Gasteiger partial charge in [0.05, 0.1) is 9.79 Å². The Bertz CT molecular complexity index is 2080. The van der Waals surface area contributed by atoms with Gasteiger partial charge >= 0.3 is 21.7 Å². The number of hydrogen-bond donors (Lipinski definition) is 0. The SMILES string of the molecule is CC(C)CN(CCCc1ccc(F)[c-]c1F)S(=O)(=O)c1ccccc1.CC(C)CN(CCCc1ccc(F)[c-]c1F)S(=O)(=O)c1ccccc1.[Ti+4].c1cc[cH-]c1.c1cc[cH-]c1. The number of halogens is 4. The molecule has 0 unspecified atom stereocenters. The van der Waals surface area contributed by atoms with Gasteiger partial charge in [-0.05, 0) is 48.9 Å². The van der Waals surface area contributed by atoms with Crippen LogP contribution in [0.2, 0.25) is 0 Å². The van der Waals surface area contributed by atoms with E-state index in [1.165, 1.54) is 20.7 Å². The van der Waals surface area contributed by atoms with E-state index in [0.717, 1.165) is 12.1 Å². The van der Waals surface area contributed by atoms with Gasteiger partial charge in [0.25, 0.3) is 0 Å². The van der Waals surface area contributed by atoms with E-state index in [1.54, 1.807) is 60.7 Å². The van der Waals surface area contributed by atoms with Gasteiger partial charge in [-0.25, -0.2) is 58.7 Å². The monoisotopic (exact) mass is 910 g/mol. The van der Waals surface area contributed by atoms with Gasteiger partial charge in [-0.1, -0.05) is 76.9 Å². The van der Waals surface area contributed by atoms with E-state index in [1.807, 2.05) is 100 Å². The molecule has 0 saturated carbocycles. The molecular formula is C48H54F4N2O4S2Ti. The average molecular weight is 911 g/mol. The third kappa shape index (κ3) is 19.2. The summed E-state index contributed by atoms with van der Waals surface area (Å²) in [5.74, 6) is -2.60. The van der Waals surface area contributed by atoms with Gasteiger partial charge in [-0.3, -0.25) is 0 Å². The van der Waals surface area contributed by atoms with Crippen molar-refractivity contribution in [2.75, 3.05) is 26.2 Å². The molecule has 0 aliphatic rings. The number of sulfonamides is 2. The number of rotatable bonds is 16. The fourth-order valence-electron chi connectivity index (χ4n) is 5.78. The molecule has 61 heavy (non-hydrogen) atoms. The summed E-state index contributed by atoms with van der Waals surface area (Å²) in [6.07, 6.45) is 1.52. The summed E-state index contributed by atoms with van der Waals surface area (Å²) < 4.78 is 107. The molecule has 324 valence electrons. The van der Waals surface area contributed by atoms with E-state index in [4.69, 9.17) is 0 Å². The van der Waals surface area contributed by atoms with Crippen LogP contribution in [-0.4, -0.2) is 51.6 Å². The smallest absolute Gasteiger partial charge is 0.236 e. The molecule has 0 heterocycles. The van der Waals surface area contributed by atoms with E-state index in [2.05, 4.69) is 0 Å². The van der Waals surface area contributed by atoms with Crippen LogP contribution in [0.5, 0.6) is 0 Å². The fraction of sp³-hybridized carbons (Fsp3) is 0.292. The van der Waals surface area contributed by atoms with Crippen LogP contribution >= 0.6 is 0 Å². The second-order valence-corrected chi connectivity index (χ2v) is 18.4. The summed E-state index contributed by atoms with van der Waals surface area (Å²) in [5.41, 5.74) is 0.672. The van der Waals surface area contributed by atoms with Crippen molar-refractivity contribution >= 4 is 20.0 Å². The van der Waals surface area contributed by atoms with Crippen molar-refractivity contribution < 1.29 is 56.1 Å². The molecule has 0 radical (unpaired) electrons. The summed E-state index contributed by atoms with van der Waals surface area (Å²) in [7, 11) is -7.19. The molecule has 0 atom stereocenters. The summed E-state index contributed by atoms with van der Waals surface area (Å²) >= 11 is 0. The van der Waals surface area contributed by atoms with Crippen molar-refractivity contribution in [3.05, 3.63) is 192 Å². The Morgan fingerprint density at radius 1 is 0.508 bits per heavy atom. The number of nitrogens with zero attached hydrogens (tertiary/aromatic N) is 2. The maximum Gasteiger partial charge on any atom is 4.00 e. The van der Waals surface area contributed by atoms with Crippen LogP contribution in [0.15, 0.2) is 155 Å². The molecule has 6 rings (SSSR count). The van der Waals surface area contributed by atoms with Crippen molar-refractivity contribution in [2.45, 2.75) is 63.2 Å². The molecule has 0 aliphatic heterocycles. The van der Waals surface area contributed by atoms with Crippen molar-refractivity contribution in [1.82, 2.24) is 8.61 Å². The first-order chi connectivity index (χ1) is 28.6. The summed E-state index contributed by atoms with van der Waals surface area (Å²) in [6.45, 7) is 9.09. The third-order valence-electron chi connectivity index (χ3n) is 8.60. The average Bonchev–Trinajstić information content (AvgIpc) is 4.01. The Labute approximate surface area is 376 Å². The first kappa shape index (κ1) is 53.0. The topological polar surface area (TPSA) is 74.8 Å². The van der Waals surface area contributed by atoms with Crippen molar-refractivity contribution in [3.8, 4) is 0 Å². The maximum absolute atomic E-state index is 13.7. The van der Waals surface area contributed by atoms with Gasteiger partial charge in [0.1, 0.15) is 0 Å². The minimum absolute atomic E-state index is 0. The van der Waals surface area contributed by atoms with Gasteiger partial charge in [-0.15, -0.1) is 35.4 Å². The van der Waals surface area contributed by atoms with E-state index < -0.39 is 43.3 Å². The molecule has 0 bridgehead atoms. The molecule has 0 N–H and O–H groups in total. The van der Waals surface area contributed by atoms with Crippen molar-refractivity contribution in [2.24, 2.45) is 11.8 Å². The zero-order chi connectivity index (χ0) is 44.0. The second kappa shape index (κ2) is 27.7. The van der Waals surface area contributed by atoms with E-state index in [-0.39, 0.29) is 56.4 Å². The molecule has 6 aromatic carbocycles. The fourth-order valence-corrected chi connectivity index (χ4v) is 9.11. The first-order valence-corrected chi connectivity index (χ1v) is 22.7. The van der Waals surface area contributed by atoms with Crippen molar-refractivity contribution in [1.29, 1.82) is 0 Å². The minimum atomic E-state index is -3.60. The first-order valence-electron chi connectivity index (χ1n) is 19.8. The molecule has 6 nitrogen and oxygen atoms in total. The van der Waals surface area contributed by atoms with E-state index >= 15 is 0 Å². The maximum atomic E-state index is 13.7. The predicted octanol–water partition coefficient (Wildman–Crippen LogP) is 10.9. The van der Waals surface area contributed by atoms with Crippen LogP contribution in [0, 0.1) is 47.2 Å². The Morgan fingerprint density at radius 2 is 0.836 bits per heavy atom. The molecule has 0 aromatic heterocycles. The standard InChI is InChI=1S/2C19H22F2NO2S.2C5H5.Ti/c2*1-15(2)14-22(25(23,24)18-8-4-3-5-9-18)12-6-7-16-10-11-17(20)13-19(16)21;2*1-2-4-5-3-1;/h2*3-5,8-11,15H,6-7,12,14H2,1-2H3;2*1-5H;/q4*-1;+4. The molecule has 0 amide bonds. The van der Waals surface area contributed by atoms with Gasteiger partial charge in [-0.2, -0.15) is 57.1 Å². The normalized spacial score (nSPS) is 11.2. The number of hydrogen-bond acceptors (Lipinski definition) is 4. The zero-order valence-electron chi connectivity index (χ0n) is 35.0. The molecular weight excluding hydrogens is 857 g/mol. The summed E-state index contributed by atoms with van der Waals surface area (Å²) in [5, 5.41) is 0.